The van der Waals surface area contributed by atoms with Gasteiger partial charge in [0, 0.05) is 17.4 Å². The molecule has 0 spiro atoms. The van der Waals surface area contributed by atoms with Gasteiger partial charge in [0.05, 0.1) is 17.5 Å². The molecule has 2 aliphatic rings. The minimum absolute atomic E-state index is 0.0165. The molecule has 2 aliphatic heterocycles. The highest BCUT2D eigenvalue weighted by Gasteiger charge is 2.49. The number of hydrogen-bond acceptors (Lipinski definition) is 4. The normalized spacial score (nSPS) is 24.1. The summed E-state index contributed by atoms with van der Waals surface area (Å²) >= 11 is 1.30. The molecule has 2 fully saturated rings. The van der Waals surface area contributed by atoms with E-state index in [4.69, 9.17) is 0 Å². The number of rotatable bonds is 4. The monoisotopic (exact) mass is 432 g/mol. The molecule has 0 bridgehead atoms. The van der Waals surface area contributed by atoms with Crippen molar-refractivity contribution < 1.29 is 17.6 Å². The van der Waals surface area contributed by atoms with Crippen LogP contribution in [0.1, 0.15) is 17.5 Å². The van der Waals surface area contributed by atoms with Gasteiger partial charge in [-0.2, -0.15) is 4.99 Å². The first-order valence-corrected chi connectivity index (χ1v) is 12.1. The number of anilines is 1. The topological polar surface area (TPSA) is 66.8 Å². The third-order valence-corrected chi connectivity index (χ3v) is 8.40. The fraction of sp³-hybridized carbons (Fsp3) is 0.333. The Kier molecular flexibility index (Phi) is 5.48. The second-order valence-electron chi connectivity index (χ2n) is 7.38. The molecule has 0 aromatic heterocycles. The molecule has 0 N–H and O–H groups in total. The number of aliphatic imine (C=N–C) groups is 1. The second-order valence-corrected chi connectivity index (χ2v) is 10.7. The molecule has 5 nitrogen and oxygen atoms in total. The van der Waals surface area contributed by atoms with Crippen LogP contribution in [-0.2, 0) is 21.1 Å². The first kappa shape index (κ1) is 20.1. The van der Waals surface area contributed by atoms with Gasteiger partial charge in [-0.15, -0.1) is 0 Å². The molecule has 0 saturated carbocycles. The van der Waals surface area contributed by atoms with Crippen molar-refractivity contribution >= 4 is 38.4 Å². The predicted octanol–water partition coefficient (Wildman–Crippen LogP) is 3.37. The van der Waals surface area contributed by atoms with Crippen LogP contribution in [0.5, 0.6) is 0 Å². The van der Waals surface area contributed by atoms with Gasteiger partial charge in [0.2, 0.25) is 5.91 Å². The molecule has 2 atom stereocenters. The van der Waals surface area contributed by atoms with E-state index >= 15 is 0 Å². The van der Waals surface area contributed by atoms with Crippen molar-refractivity contribution in [2.75, 3.05) is 16.4 Å². The standard InChI is InChI=1S/C21H21FN2O3S2/c1-14-7-9-16(11-17(14)22)24-18-12-29(26,27)13-19(18)28-21(24)23-20(25)10-8-15-5-3-2-4-6-15/h2-7,9,11,18-19H,8,10,12-13H2,1H3/t18-,19-/m1/s1. The number of nitrogens with zero attached hydrogens (tertiary/aromatic N) is 2. The van der Waals surface area contributed by atoms with Crippen LogP contribution in [0.25, 0.3) is 0 Å². The number of aryl methyl sites for hydroxylation is 2. The van der Waals surface area contributed by atoms with Gasteiger partial charge < -0.3 is 4.90 Å². The summed E-state index contributed by atoms with van der Waals surface area (Å²) in [4.78, 5) is 18.5. The molecule has 4 rings (SSSR count). The number of carbonyl (C=O) groups excluding carboxylic acids is 1. The summed E-state index contributed by atoms with van der Waals surface area (Å²) in [6, 6.07) is 14.1. The summed E-state index contributed by atoms with van der Waals surface area (Å²) in [7, 11) is -3.16. The molecule has 0 unspecified atom stereocenters. The zero-order valence-corrected chi connectivity index (χ0v) is 17.5. The molecule has 29 heavy (non-hydrogen) atoms. The summed E-state index contributed by atoms with van der Waals surface area (Å²) in [5.74, 6) is -0.606. The Hall–Kier alpha value is -2.19. The maximum atomic E-state index is 14.2. The Balaban J connectivity index is 1.59. The van der Waals surface area contributed by atoms with Crippen molar-refractivity contribution in [2.24, 2.45) is 4.99 Å². The molecule has 152 valence electrons. The van der Waals surface area contributed by atoms with Gasteiger partial charge in [0.25, 0.3) is 0 Å². The highest BCUT2D eigenvalue weighted by molar-refractivity contribution is 8.16. The molecule has 1 amide bonds. The molecule has 2 aromatic rings. The van der Waals surface area contributed by atoms with Crippen molar-refractivity contribution in [3.05, 3.63) is 65.5 Å². The fourth-order valence-corrected chi connectivity index (χ4v) is 7.59. The smallest absolute Gasteiger partial charge is 0.248 e. The lowest BCUT2D eigenvalue weighted by molar-refractivity contribution is -0.117. The molecule has 0 radical (unpaired) electrons. The maximum absolute atomic E-state index is 14.2. The van der Waals surface area contributed by atoms with Crippen molar-refractivity contribution in [2.45, 2.75) is 31.1 Å². The number of amidine groups is 1. The van der Waals surface area contributed by atoms with Crippen LogP contribution in [0.2, 0.25) is 0 Å². The molecule has 8 heteroatoms. The van der Waals surface area contributed by atoms with Crippen molar-refractivity contribution in [1.82, 2.24) is 0 Å². The summed E-state index contributed by atoms with van der Waals surface area (Å²) in [6.45, 7) is 1.67. The number of amides is 1. The van der Waals surface area contributed by atoms with Crippen LogP contribution >= 0.6 is 11.8 Å². The van der Waals surface area contributed by atoms with Crippen LogP contribution in [0, 0.1) is 12.7 Å². The van der Waals surface area contributed by atoms with Crippen LogP contribution in [0.15, 0.2) is 53.5 Å². The average Bonchev–Trinajstić information content (AvgIpc) is 3.14. The number of sulfone groups is 1. The number of benzene rings is 2. The van der Waals surface area contributed by atoms with Gasteiger partial charge in [-0.1, -0.05) is 48.2 Å². The van der Waals surface area contributed by atoms with E-state index in [0.29, 0.717) is 22.8 Å². The van der Waals surface area contributed by atoms with E-state index < -0.39 is 9.84 Å². The van der Waals surface area contributed by atoms with Gasteiger partial charge >= 0.3 is 0 Å². The van der Waals surface area contributed by atoms with Gasteiger partial charge in [-0.3, -0.25) is 4.79 Å². The summed E-state index contributed by atoms with van der Waals surface area (Å²) < 4.78 is 38.4. The van der Waals surface area contributed by atoms with E-state index in [1.807, 2.05) is 30.3 Å². The lowest BCUT2D eigenvalue weighted by Gasteiger charge is -2.24. The number of hydrogen-bond donors (Lipinski definition) is 0. The van der Waals surface area contributed by atoms with E-state index in [1.54, 1.807) is 24.0 Å². The summed E-state index contributed by atoms with van der Waals surface area (Å²) in [5, 5.41) is 0.251. The number of carbonyl (C=O) groups is 1. The largest absolute Gasteiger partial charge is 0.315 e. The van der Waals surface area contributed by atoms with Crippen LogP contribution in [0.3, 0.4) is 0 Å². The SMILES string of the molecule is Cc1ccc(N2C(=NC(=O)CCc3ccccc3)S[C@@H]3CS(=O)(=O)C[C@H]32)cc1F. The Morgan fingerprint density at radius 2 is 1.97 bits per heavy atom. The molecular formula is C21H21FN2O3S2. The van der Waals surface area contributed by atoms with E-state index in [1.165, 1.54) is 17.8 Å². The Morgan fingerprint density at radius 3 is 2.69 bits per heavy atom. The van der Waals surface area contributed by atoms with Gasteiger partial charge in [-0.25, -0.2) is 12.8 Å². The fourth-order valence-electron chi connectivity index (χ4n) is 3.66. The van der Waals surface area contributed by atoms with E-state index in [9.17, 15) is 17.6 Å². The maximum Gasteiger partial charge on any atom is 0.248 e. The Labute approximate surface area is 173 Å². The molecule has 2 aromatic carbocycles. The number of fused-ring (bicyclic) bond motifs is 1. The lowest BCUT2D eigenvalue weighted by atomic mass is 10.1. The van der Waals surface area contributed by atoms with Crippen LogP contribution in [0.4, 0.5) is 10.1 Å². The van der Waals surface area contributed by atoms with Crippen LogP contribution < -0.4 is 4.90 Å². The predicted molar refractivity (Wildman–Crippen MR) is 115 cm³/mol. The van der Waals surface area contributed by atoms with Gasteiger partial charge in [0.1, 0.15) is 5.82 Å². The first-order chi connectivity index (χ1) is 13.8. The molecule has 2 heterocycles. The lowest BCUT2D eigenvalue weighted by Crippen LogP contribution is -2.37. The van der Waals surface area contributed by atoms with Crippen molar-refractivity contribution in [3.8, 4) is 0 Å². The molecular weight excluding hydrogens is 411 g/mol. The zero-order valence-electron chi connectivity index (χ0n) is 15.9. The molecule has 2 saturated heterocycles. The van der Waals surface area contributed by atoms with Crippen molar-refractivity contribution in [3.63, 3.8) is 0 Å². The third kappa shape index (κ3) is 4.38. The summed E-state index contributed by atoms with van der Waals surface area (Å²) in [6.07, 6.45) is 0.847. The van der Waals surface area contributed by atoms with Crippen LogP contribution in [-0.4, -0.2) is 42.3 Å². The highest BCUT2D eigenvalue weighted by Crippen LogP contribution is 2.41. The Morgan fingerprint density at radius 1 is 1.21 bits per heavy atom. The second kappa shape index (κ2) is 7.91. The minimum atomic E-state index is -3.16. The minimum Gasteiger partial charge on any atom is -0.315 e. The van der Waals surface area contributed by atoms with Gasteiger partial charge in [0.15, 0.2) is 15.0 Å². The third-order valence-electron chi connectivity index (χ3n) is 5.19. The first-order valence-electron chi connectivity index (χ1n) is 9.40. The van der Waals surface area contributed by atoms with E-state index in [2.05, 4.69) is 4.99 Å². The molecule has 0 aliphatic carbocycles. The Bertz CT molecular complexity index is 1070. The van der Waals surface area contributed by atoms with E-state index in [-0.39, 0.29) is 40.9 Å². The summed E-state index contributed by atoms with van der Waals surface area (Å²) in [5.41, 5.74) is 2.09. The van der Waals surface area contributed by atoms with E-state index in [0.717, 1.165) is 5.56 Å². The average molecular weight is 433 g/mol. The van der Waals surface area contributed by atoms with Crippen molar-refractivity contribution in [1.29, 1.82) is 0 Å². The van der Waals surface area contributed by atoms with Gasteiger partial charge in [-0.05, 0) is 36.6 Å². The number of halogens is 1. The highest BCUT2D eigenvalue weighted by atomic mass is 32.2. The number of thioether (sulfide) groups is 1. The quantitative estimate of drug-likeness (QED) is 0.741. The zero-order chi connectivity index (χ0) is 20.6.